The van der Waals surface area contributed by atoms with Crippen molar-refractivity contribution >= 4 is 17.9 Å². The highest BCUT2D eigenvalue weighted by atomic mass is 16.6. The fraction of sp³-hybridized carbons (Fsp3) is 0.693. The summed E-state index contributed by atoms with van der Waals surface area (Å²) in [7, 11) is 0. The van der Waals surface area contributed by atoms with Crippen molar-refractivity contribution in [3.63, 3.8) is 0 Å². The molecule has 0 amide bonds. The van der Waals surface area contributed by atoms with Crippen molar-refractivity contribution in [2.45, 2.75) is 322 Å². The van der Waals surface area contributed by atoms with Crippen LogP contribution in [-0.4, -0.2) is 37.2 Å². The number of ether oxygens (including phenoxy) is 3. The van der Waals surface area contributed by atoms with Gasteiger partial charge in [-0.15, -0.1) is 0 Å². The van der Waals surface area contributed by atoms with E-state index in [-0.39, 0.29) is 31.1 Å². The molecule has 0 N–H and O–H groups in total. The minimum Gasteiger partial charge on any atom is -0.462 e. The van der Waals surface area contributed by atoms with Crippen molar-refractivity contribution in [1.29, 1.82) is 0 Å². The molecule has 0 fully saturated rings. The van der Waals surface area contributed by atoms with E-state index in [4.69, 9.17) is 14.2 Å². The first-order valence-corrected chi connectivity index (χ1v) is 34.0. The number of esters is 3. The Kier molecular flexibility index (Phi) is 64.8. The molecule has 0 bridgehead atoms. The topological polar surface area (TPSA) is 78.9 Å². The number of hydrogen-bond donors (Lipinski definition) is 0. The molecule has 6 heteroatoms. The average molecular weight is 1120 g/mol. The summed E-state index contributed by atoms with van der Waals surface area (Å²) in [5.74, 6) is -0.891. The Morgan fingerprint density at radius 2 is 0.481 bits per heavy atom. The van der Waals surface area contributed by atoms with Crippen LogP contribution in [0, 0.1) is 0 Å². The zero-order chi connectivity index (χ0) is 58.5. The standard InChI is InChI=1S/C75H126O6/c1-4-7-10-13-16-19-22-25-27-29-31-33-35-36-37-38-40-41-43-45-47-50-53-56-59-62-65-68-74(77)80-71-72(70-79-73(76)67-64-61-58-55-52-49-24-21-18-15-12-9-6-3)81-75(78)69-66-63-60-57-54-51-48-46-44-42-39-34-32-30-28-26-23-20-17-14-11-8-5-2/h7-8,10-11,16-17,19-21,24-28,31-34,36-37,72H,4-6,9,12-15,18,22-23,29-30,35,38-71H2,1-3H3/b10-7-,11-8-,19-16-,20-17-,24-21-,27-25-,28-26-,33-31-,34-32-,37-36-. The van der Waals surface area contributed by atoms with Gasteiger partial charge in [-0.1, -0.05) is 290 Å². The fourth-order valence-corrected chi connectivity index (χ4v) is 9.40. The molecule has 0 saturated carbocycles. The van der Waals surface area contributed by atoms with Crippen molar-refractivity contribution in [2.75, 3.05) is 13.2 Å². The summed E-state index contributed by atoms with van der Waals surface area (Å²) in [6.07, 6.45) is 95.0. The van der Waals surface area contributed by atoms with Crippen LogP contribution in [0.3, 0.4) is 0 Å². The quantitative estimate of drug-likeness (QED) is 0.0261. The minimum atomic E-state index is -0.789. The van der Waals surface area contributed by atoms with Gasteiger partial charge in [0.2, 0.25) is 0 Å². The van der Waals surface area contributed by atoms with Crippen LogP contribution in [0.15, 0.2) is 122 Å². The zero-order valence-electron chi connectivity index (χ0n) is 53.0. The summed E-state index contributed by atoms with van der Waals surface area (Å²) in [6, 6.07) is 0. The lowest BCUT2D eigenvalue weighted by Crippen LogP contribution is -2.30. The maximum atomic E-state index is 12.9. The third-order valence-electron chi connectivity index (χ3n) is 14.4. The number of allylic oxidation sites excluding steroid dienone is 20. The highest BCUT2D eigenvalue weighted by Gasteiger charge is 2.19. The van der Waals surface area contributed by atoms with E-state index in [1.807, 2.05) is 0 Å². The van der Waals surface area contributed by atoms with Gasteiger partial charge in [0.05, 0.1) is 0 Å². The molecule has 0 aromatic heterocycles. The van der Waals surface area contributed by atoms with Crippen LogP contribution in [0.2, 0.25) is 0 Å². The van der Waals surface area contributed by atoms with E-state index in [9.17, 15) is 14.4 Å². The normalized spacial score (nSPS) is 12.9. The second kappa shape index (κ2) is 68.3. The summed E-state index contributed by atoms with van der Waals surface area (Å²) in [6.45, 7) is 6.41. The van der Waals surface area contributed by atoms with Crippen LogP contribution in [0.4, 0.5) is 0 Å². The molecule has 0 aliphatic carbocycles. The molecule has 81 heavy (non-hydrogen) atoms. The monoisotopic (exact) mass is 1120 g/mol. The number of carbonyl (C=O) groups is 3. The van der Waals surface area contributed by atoms with E-state index in [1.165, 1.54) is 154 Å². The lowest BCUT2D eigenvalue weighted by molar-refractivity contribution is -0.167. The third kappa shape index (κ3) is 66.5. The molecule has 0 radical (unpaired) electrons. The van der Waals surface area contributed by atoms with Crippen LogP contribution in [-0.2, 0) is 28.6 Å². The maximum Gasteiger partial charge on any atom is 0.306 e. The smallest absolute Gasteiger partial charge is 0.306 e. The van der Waals surface area contributed by atoms with Gasteiger partial charge in [-0.25, -0.2) is 0 Å². The Hall–Kier alpha value is -4.19. The molecule has 0 aromatic carbocycles. The predicted molar refractivity (Wildman–Crippen MR) is 353 cm³/mol. The van der Waals surface area contributed by atoms with Gasteiger partial charge < -0.3 is 14.2 Å². The maximum absolute atomic E-state index is 12.9. The van der Waals surface area contributed by atoms with Crippen molar-refractivity contribution < 1.29 is 28.6 Å². The van der Waals surface area contributed by atoms with Gasteiger partial charge in [-0.05, 0) is 128 Å². The molecule has 0 heterocycles. The predicted octanol–water partition coefficient (Wildman–Crippen LogP) is 23.6. The third-order valence-corrected chi connectivity index (χ3v) is 14.4. The summed E-state index contributed by atoms with van der Waals surface area (Å²) >= 11 is 0. The Morgan fingerprint density at radius 3 is 0.765 bits per heavy atom. The Balaban J connectivity index is 4.32. The summed E-state index contributed by atoms with van der Waals surface area (Å²) in [5, 5.41) is 0. The van der Waals surface area contributed by atoms with E-state index in [1.54, 1.807) is 0 Å². The van der Waals surface area contributed by atoms with Gasteiger partial charge in [-0.3, -0.25) is 14.4 Å². The molecule has 1 atom stereocenters. The lowest BCUT2D eigenvalue weighted by Gasteiger charge is -2.18. The lowest BCUT2D eigenvalue weighted by atomic mass is 10.0. The molecule has 0 rings (SSSR count). The largest absolute Gasteiger partial charge is 0.462 e. The molecule has 0 aromatic rings. The Bertz CT molecular complexity index is 1670. The van der Waals surface area contributed by atoms with Crippen molar-refractivity contribution in [3.8, 4) is 0 Å². The molecule has 1 unspecified atom stereocenters. The van der Waals surface area contributed by atoms with Gasteiger partial charge in [0.1, 0.15) is 13.2 Å². The molecule has 462 valence electrons. The van der Waals surface area contributed by atoms with E-state index >= 15 is 0 Å². The Morgan fingerprint density at radius 1 is 0.259 bits per heavy atom. The van der Waals surface area contributed by atoms with Crippen LogP contribution in [0.25, 0.3) is 0 Å². The molecular weight excluding hydrogens is 997 g/mol. The summed E-state index contributed by atoms with van der Waals surface area (Å²) < 4.78 is 17.0. The van der Waals surface area contributed by atoms with Gasteiger partial charge in [0.25, 0.3) is 0 Å². The number of carbonyl (C=O) groups excluding carboxylic acids is 3. The van der Waals surface area contributed by atoms with Crippen LogP contribution < -0.4 is 0 Å². The second-order valence-corrected chi connectivity index (χ2v) is 22.3. The van der Waals surface area contributed by atoms with E-state index in [0.717, 1.165) is 122 Å². The molecular formula is C75H126O6. The highest BCUT2D eigenvalue weighted by molar-refractivity contribution is 5.71. The first-order valence-electron chi connectivity index (χ1n) is 34.0. The molecule has 0 spiro atoms. The van der Waals surface area contributed by atoms with Crippen molar-refractivity contribution in [1.82, 2.24) is 0 Å². The molecule has 6 nitrogen and oxygen atoms in total. The second-order valence-electron chi connectivity index (χ2n) is 22.3. The first-order chi connectivity index (χ1) is 40.0. The summed E-state index contributed by atoms with van der Waals surface area (Å²) in [5.41, 5.74) is 0. The van der Waals surface area contributed by atoms with Crippen LogP contribution in [0.1, 0.15) is 316 Å². The summed E-state index contributed by atoms with van der Waals surface area (Å²) in [4.78, 5) is 38.4. The van der Waals surface area contributed by atoms with E-state index in [2.05, 4.69) is 142 Å². The van der Waals surface area contributed by atoms with Gasteiger partial charge >= 0.3 is 17.9 Å². The highest BCUT2D eigenvalue weighted by Crippen LogP contribution is 2.16. The molecule has 0 aliphatic rings. The first kappa shape index (κ1) is 76.8. The van der Waals surface area contributed by atoms with Gasteiger partial charge in [0, 0.05) is 19.3 Å². The van der Waals surface area contributed by atoms with Crippen LogP contribution >= 0.6 is 0 Å². The average Bonchev–Trinajstić information content (AvgIpc) is 3.46. The number of hydrogen-bond acceptors (Lipinski definition) is 6. The number of unbranched alkanes of at least 4 members (excludes halogenated alkanes) is 30. The van der Waals surface area contributed by atoms with Crippen LogP contribution in [0.5, 0.6) is 0 Å². The van der Waals surface area contributed by atoms with E-state index < -0.39 is 6.10 Å². The van der Waals surface area contributed by atoms with Gasteiger partial charge in [-0.2, -0.15) is 0 Å². The Labute approximate surface area is 501 Å². The minimum absolute atomic E-state index is 0.0845. The van der Waals surface area contributed by atoms with Crippen molar-refractivity contribution in [3.05, 3.63) is 122 Å². The van der Waals surface area contributed by atoms with Crippen molar-refractivity contribution in [2.24, 2.45) is 0 Å². The fourth-order valence-electron chi connectivity index (χ4n) is 9.40. The molecule has 0 saturated heterocycles. The van der Waals surface area contributed by atoms with E-state index in [0.29, 0.717) is 19.3 Å². The number of rotatable bonds is 61. The SMILES string of the molecule is CC/C=C\C/C=C\C/C=C\C/C=C\C/C=C\CCCCCCCCCCCCCC(=O)OCC(COC(=O)CCCCCCC/C=C\CCCCCC)OC(=O)CCCCCCCCCCCC/C=C\C/C=C\C/C=C\C/C=C\CC. The zero-order valence-corrected chi connectivity index (χ0v) is 53.0. The molecule has 0 aliphatic heterocycles. The van der Waals surface area contributed by atoms with Gasteiger partial charge in [0.15, 0.2) is 6.10 Å².